The van der Waals surface area contributed by atoms with Crippen molar-refractivity contribution in [2.24, 2.45) is 0 Å². The number of benzene rings is 3. The van der Waals surface area contributed by atoms with Gasteiger partial charge in [0.05, 0.1) is 35.8 Å². The number of nitrogens with one attached hydrogen (secondary N) is 3. The van der Waals surface area contributed by atoms with E-state index in [2.05, 4.69) is 30.9 Å². The molecule has 1 aromatic heterocycles. The average molecular weight is 750 g/mol. The predicted octanol–water partition coefficient (Wildman–Crippen LogP) is -22.7. The van der Waals surface area contributed by atoms with E-state index in [-0.39, 0.29) is 194 Å². The first-order valence-corrected chi connectivity index (χ1v) is 12.0. The standard InChI is InChI=1S/C27H18N6O12.6Na/c34-19(35)10-1-11(20(36)37)5-16(4-10)28-25-31-26(29-17-6-12(21(38)39)2-13(7-17)22(40)41)33-27(32-25)30-18-8-14(23(42)43)3-15(9-18)24(44)45;;;;;;/h1-9H,(H,34,35)(H,36,37)(H,38,39)(H,40,41)(H,42,43)(H,44,45)(H3,28,29,30,31,32,33);;;;;;/q;6*+1/p-6. The van der Waals surface area contributed by atoms with Crippen molar-refractivity contribution in [3.05, 3.63) is 88.0 Å². The van der Waals surface area contributed by atoms with Crippen molar-refractivity contribution in [3.63, 3.8) is 0 Å². The van der Waals surface area contributed by atoms with Gasteiger partial charge in [-0.2, -0.15) is 15.0 Å². The zero-order valence-electron chi connectivity index (χ0n) is 27.9. The molecule has 0 aliphatic rings. The summed E-state index contributed by atoms with van der Waals surface area (Å²) in [5, 5.41) is 76.0. The van der Waals surface area contributed by atoms with Crippen LogP contribution >= 0.6 is 0 Å². The molecule has 51 heavy (non-hydrogen) atoms. The van der Waals surface area contributed by atoms with Gasteiger partial charge in [0.15, 0.2) is 0 Å². The summed E-state index contributed by atoms with van der Waals surface area (Å²) in [5.74, 6) is -11.8. The van der Waals surface area contributed by atoms with E-state index in [1.165, 1.54) is 0 Å². The maximum absolute atomic E-state index is 11.4. The third-order valence-electron chi connectivity index (χ3n) is 5.62. The number of anilines is 6. The van der Waals surface area contributed by atoms with Crippen LogP contribution in [0.25, 0.3) is 0 Å². The maximum atomic E-state index is 11.4. The fourth-order valence-corrected chi connectivity index (χ4v) is 3.74. The number of rotatable bonds is 12. The number of aromatic carboxylic acids is 6. The first-order valence-electron chi connectivity index (χ1n) is 12.0. The third-order valence-corrected chi connectivity index (χ3v) is 5.62. The molecule has 0 unspecified atom stereocenters. The zero-order valence-corrected chi connectivity index (χ0v) is 39.9. The smallest absolute Gasteiger partial charge is 0.545 e. The van der Waals surface area contributed by atoms with Gasteiger partial charge in [-0.05, 0) is 88.0 Å². The zero-order chi connectivity index (χ0) is 33.0. The van der Waals surface area contributed by atoms with Crippen LogP contribution in [0, 0.1) is 0 Å². The Hall–Kier alpha value is -1.11. The van der Waals surface area contributed by atoms with Gasteiger partial charge in [-0.3, -0.25) is 0 Å². The van der Waals surface area contributed by atoms with Crippen molar-refractivity contribution in [3.8, 4) is 0 Å². The van der Waals surface area contributed by atoms with Gasteiger partial charge in [0.25, 0.3) is 0 Å². The summed E-state index contributed by atoms with van der Waals surface area (Å²) in [5.41, 5.74) is -4.09. The number of hydrogen-bond donors (Lipinski definition) is 3. The Morgan fingerprint density at radius 2 is 0.490 bits per heavy atom. The molecule has 0 saturated heterocycles. The van der Waals surface area contributed by atoms with Crippen LogP contribution in [0.3, 0.4) is 0 Å². The molecule has 0 amide bonds. The minimum absolute atomic E-state index is 0. The molecule has 4 aromatic rings. The van der Waals surface area contributed by atoms with Gasteiger partial charge in [-0.1, -0.05) is 0 Å². The molecule has 0 radical (unpaired) electrons. The minimum atomic E-state index is -1.74. The van der Waals surface area contributed by atoms with Gasteiger partial charge >= 0.3 is 177 Å². The van der Waals surface area contributed by atoms with Crippen LogP contribution in [0.5, 0.6) is 0 Å². The third kappa shape index (κ3) is 15.6. The van der Waals surface area contributed by atoms with Crippen LogP contribution in [0.4, 0.5) is 34.9 Å². The van der Waals surface area contributed by atoms with Crippen molar-refractivity contribution >= 4 is 70.7 Å². The second-order valence-electron chi connectivity index (χ2n) is 8.80. The van der Waals surface area contributed by atoms with Crippen LogP contribution < -0.4 is 224 Å². The molecule has 0 aliphatic carbocycles. The van der Waals surface area contributed by atoms with Crippen molar-refractivity contribution < 1.29 is 237 Å². The van der Waals surface area contributed by atoms with E-state index in [0.717, 1.165) is 54.6 Å². The number of aromatic nitrogens is 3. The fourth-order valence-electron chi connectivity index (χ4n) is 3.74. The molecular formula is C27H12N6Na6O12. The summed E-state index contributed by atoms with van der Waals surface area (Å²) in [4.78, 5) is 80.4. The molecule has 0 spiro atoms. The van der Waals surface area contributed by atoms with Crippen LogP contribution in [0.15, 0.2) is 54.6 Å². The van der Waals surface area contributed by atoms with E-state index in [4.69, 9.17) is 0 Å². The van der Waals surface area contributed by atoms with E-state index in [1.54, 1.807) is 0 Å². The molecule has 0 bridgehead atoms. The average Bonchev–Trinajstić information content (AvgIpc) is 2.96. The number of hydrogen-bond acceptors (Lipinski definition) is 18. The molecule has 3 aromatic carbocycles. The molecule has 18 nitrogen and oxygen atoms in total. The first kappa shape index (κ1) is 54.2. The van der Waals surface area contributed by atoms with Crippen molar-refractivity contribution in [2.75, 3.05) is 16.0 Å². The molecule has 3 N–H and O–H groups in total. The van der Waals surface area contributed by atoms with Crippen molar-refractivity contribution in [1.82, 2.24) is 15.0 Å². The fraction of sp³-hybridized carbons (Fsp3) is 0. The van der Waals surface area contributed by atoms with Crippen LogP contribution in [-0.4, -0.2) is 50.8 Å². The number of nitrogens with zero attached hydrogens (tertiary/aromatic N) is 3. The van der Waals surface area contributed by atoms with Gasteiger partial charge in [0.1, 0.15) is 0 Å². The Kier molecular flexibility index (Phi) is 25.9. The molecule has 228 valence electrons. The van der Waals surface area contributed by atoms with Crippen LogP contribution in [0.2, 0.25) is 0 Å². The van der Waals surface area contributed by atoms with Gasteiger partial charge in [-0.25, -0.2) is 0 Å². The summed E-state index contributed by atoms with van der Waals surface area (Å²) in [6.07, 6.45) is 0. The van der Waals surface area contributed by atoms with E-state index in [0.29, 0.717) is 0 Å². The number of carboxylic acid groups (broad SMARTS) is 6. The Balaban J connectivity index is -0.00000384. The number of carbonyl (C=O) groups is 6. The Bertz CT molecular complexity index is 1630. The van der Waals surface area contributed by atoms with Gasteiger partial charge < -0.3 is 75.4 Å². The molecular weight excluding hydrogens is 738 g/mol. The van der Waals surface area contributed by atoms with E-state index >= 15 is 0 Å². The van der Waals surface area contributed by atoms with E-state index in [9.17, 15) is 59.4 Å². The molecule has 24 heteroatoms. The van der Waals surface area contributed by atoms with Crippen LogP contribution in [-0.2, 0) is 0 Å². The summed E-state index contributed by atoms with van der Waals surface area (Å²) in [6, 6.07) is 8.03. The molecule has 0 fully saturated rings. The second kappa shape index (κ2) is 24.3. The quantitative estimate of drug-likeness (QED) is 0.113. The van der Waals surface area contributed by atoms with E-state index < -0.39 is 87.0 Å². The summed E-state index contributed by atoms with van der Waals surface area (Å²) in [6.45, 7) is 0. The van der Waals surface area contributed by atoms with Gasteiger partial charge in [-0.15, -0.1) is 0 Å². The van der Waals surface area contributed by atoms with Gasteiger partial charge in [0, 0.05) is 17.1 Å². The topological polar surface area (TPSA) is 316 Å². The van der Waals surface area contributed by atoms with Gasteiger partial charge in [0.2, 0.25) is 17.8 Å². The van der Waals surface area contributed by atoms with Crippen molar-refractivity contribution in [2.45, 2.75) is 0 Å². The SMILES string of the molecule is O=C([O-])c1cc(Nc2nc(Nc3cc(C(=O)[O-])cc(C(=O)[O-])c3)nc(Nc3cc(C(=O)[O-])cc(C(=O)[O-])c3)n2)cc(C(=O)[O-])c1.[Na+].[Na+].[Na+].[Na+].[Na+].[Na+]. The Morgan fingerprint density at radius 1 is 0.333 bits per heavy atom. The first-order chi connectivity index (χ1) is 21.2. The summed E-state index contributed by atoms with van der Waals surface area (Å²) < 4.78 is 0. The molecule has 4 rings (SSSR count). The Morgan fingerprint density at radius 3 is 0.627 bits per heavy atom. The monoisotopic (exact) mass is 750 g/mol. The molecule has 0 aliphatic heterocycles. The normalized spacial score (nSPS) is 9.18. The largest absolute Gasteiger partial charge is 1.00 e. The molecule has 0 atom stereocenters. The second-order valence-corrected chi connectivity index (χ2v) is 8.80. The van der Waals surface area contributed by atoms with Crippen LogP contribution in [0.1, 0.15) is 62.1 Å². The minimum Gasteiger partial charge on any atom is -0.545 e. The summed E-state index contributed by atoms with van der Waals surface area (Å²) in [7, 11) is 0. The maximum Gasteiger partial charge on any atom is 1.00 e. The predicted molar refractivity (Wildman–Crippen MR) is 135 cm³/mol. The Labute approximate surface area is 419 Å². The molecule has 1 heterocycles. The summed E-state index contributed by atoms with van der Waals surface area (Å²) >= 11 is 0. The number of carboxylic acids is 6. The van der Waals surface area contributed by atoms with Crippen molar-refractivity contribution in [1.29, 1.82) is 0 Å². The van der Waals surface area contributed by atoms with E-state index in [1.807, 2.05) is 0 Å². The molecule has 0 saturated carbocycles. The number of carbonyl (C=O) groups excluding carboxylic acids is 6.